The molecule has 0 aliphatic heterocycles. The Labute approximate surface area is 174 Å². The molecule has 0 aliphatic carbocycles. The van der Waals surface area contributed by atoms with Crippen molar-refractivity contribution in [2.75, 3.05) is 0 Å². The minimum absolute atomic E-state index is 0.00301. The summed E-state index contributed by atoms with van der Waals surface area (Å²) in [4.78, 5) is 4.24. The number of ether oxygens (including phenoxy) is 2. The second kappa shape index (κ2) is 9.28. The zero-order chi connectivity index (χ0) is 22.5. The Morgan fingerprint density at radius 1 is 0.742 bits per heavy atom. The number of rotatable bonds is 7. The maximum Gasteiger partial charge on any atom is 0.573 e. The lowest BCUT2D eigenvalue weighted by atomic mass is 9.92. The normalized spacial score (nSPS) is 13.0. The smallest absolute Gasteiger partial charge is 0.439 e. The third-order valence-corrected chi connectivity index (χ3v) is 4.35. The van der Waals surface area contributed by atoms with E-state index in [1.54, 1.807) is 42.5 Å². The summed E-state index contributed by atoms with van der Waals surface area (Å²) in [5.41, 5.74) is 0.249. The lowest BCUT2D eigenvalue weighted by Gasteiger charge is -2.21. The van der Waals surface area contributed by atoms with Gasteiger partial charge in [-0.05, 0) is 48.7 Å². The lowest BCUT2D eigenvalue weighted by Crippen LogP contribution is -2.22. The Hall–Kier alpha value is -3.23. The van der Waals surface area contributed by atoms with E-state index >= 15 is 0 Å². The van der Waals surface area contributed by atoms with Crippen LogP contribution >= 0.6 is 0 Å². The van der Waals surface area contributed by atoms with E-state index in [9.17, 15) is 26.3 Å². The Balaban J connectivity index is 1.70. The number of nitrogens with zero attached hydrogens (tertiary/aromatic N) is 1. The van der Waals surface area contributed by atoms with Crippen LogP contribution in [-0.2, 0) is 6.42 Å². The SMILES string of the molecule is FC(F)(F)Oc1ccc(C(CCc2cccc(Oc3ccccc3)n2)C(F)(F)F)cc1. The van der Waals surface area contributed by atoms with Crippen LogP contribution in [0, 0.1) is 0 Å². The maximum atomic E-state index is 13.6. The number of hydrogen-bond acceptors (Lipinski definition) is 3. The highest BCUT2D eigenvalue weighted by molar-refractivity contribution is 5.31. The molecule has 0 N–H and O–H groups in total. The van der Waals surface area contributed by atoms with E-state index in [1.165, 1.54) is 0 Å². The molecule has 1 unspecified atom stereocenters. The number of aromatic nitrogens is 1. The van der Waals surface area contributed by atoms with E-state index < -0.39 is 24.2 Å². The molecule has 0 saturated carbocycles. The first-order chi connectivity index (χ1) is 14.6. The van der Waals surface area contributed by atoms with Gasteiger partial charge >= 0.3 is 12.5 Å². The van der Waals surface area contributed by atoms with E-state index in [1.807, 2.05) is 6.07 Å². The average Bonchev–Trinajstić information content (AvgIpc) is 2.68. The first-order valence-corrected chi connectivity index (χ1v) is 9.21. The summed E-state index contributed by atoms with van der Waals surface area (Å²) < 4.78 is 86.8. The molecule has 1 heterocycles. The Morgan fingerprint density at radius 2 is 1.42 bits per heavy atom. The lowest BCUT2D eigenvalue weighted by molar-refractivity contribution is -0.274. The van der Waals surface area contributed by atoms with Crippen LogP contribution in [0.5, 0.6) is 17.4 Å². The topological polar surface area (TPSA) is 31.4 Å². The molecule has 3 nitrogen and oxygen atoms in total. The van der Waals surface area contributed by atoms with Crippen molar-refractivity contribution in [2.24, 2.45) is 0 Å². The summed E-state index contributed by atoms with van der Waals surface area (Å²) in [5, 5.41) is 0. The summed E-state index contributed by atoms with van der Waals surface area (Å²) in [7, 11) is 0. The first kappa shape index (κ1) is 22.5. The van der Waals surface area contributed by atoms with Gasteiger partial charge in [-0.1, -0.05) is 36.4 Å². The number of pyridine rings is 1. The van der Waals surface area contributed by atoms with Gasteiger partial charge in [0, 0.05) is 11.8 Å². The summed E-state index contributed by atoms with van der Waals surface area (Å²) >= 11 is 0. The Kier molecular flexibility index (Phi) is 6.72. The highest BCUT2D eigenvalue weighted by atomic mass is 19.4. The number of benzene rings is 2. The second-order valence-corrected chi connectivity index (χ2v) is 6.63. The van der Waals surface area contributed by atoms with Crippen LogP contribution in [0.1, 0.15) is 23.6 Å². The van der Waals surface area contributed by atoms with Crippen LogP contribution in [0.4, 0.5) is 26.3 Å². The predicted octanol–water partition coefficient (Wildman–Crippen LogP) is 7.05. The van der Waals surface area contributed by atoms with E-state index in [2.05, 4.69) is 9.72 Å². The molecule has 2 aromatic carbocycles. The van der Waals surface area contributed by atoms with E-state index in [0.29, 0.717) is 11.4 Å². The zero-order valence-electron chi connectivity index (χ0n) is 16.0. The van der Waals surface area contributed by atoms with Gasteiger partial charge in [0.05, 0.1) is 5.92 Å². The van der Waals surface area contributed by atoms with Crippen molar-refractivity contribution in [1.29, 1.82) is 0 Å². The van der Waals surface area contributed by atoms with Gasteiger partial charge in [0.15, 0.2) is 0 Å². The van der Waals surface area contributed by atoms with Crippen molar-refractivity contribution in [2.45, 2.75) is 31.3 Å². The van der Waals surface area contributed by atoms with Gasteiger partial charge in [-0.2, -0.15) is 13.2 Å². The van der Waals surface area contributed by atoms with Crippen molar-refractivity contribution in [1.82, 2.24) is 4.98 Å². The molecule has 164 valence electrons. The fraction of sp³-hybridized carbons (Fsp3) is 0.227. The predicted molar refractivity (Wildman–Crippen MR) is 101 cm³/mol. The molecule has 3 aromatic rings. The third-order valence-electron chi connectivity index (χ3n) is 4.35. The molecule has 31 heavy (non-hydrogen) atoms. The summed E-state index contributed by atoms with van der Waals surface area (Å²) in [6.07, 6.45) is -9.82. The van der Waals surface area contributed by atoms with Gasteiger partial charge in [0.1, 0.15) is 11.5 Å². The van der Waals surface area contributed by atoms with Crippen molar-refractivity contribution < 1.29 is 35.8 Å². The number of para-hydroxylation sites is 1. The fourth-order valence-electron chi connectivity index (χ4n) is 2.98. The van der Waals surface area contributed by atoms with Gasteiger partial charge in [-0.25, -0.2) is 4.98 Å². The number of hydrogen-bond donors (Lipinski definition) is 0. The first-order valence-electron chi connectivity index (χ1n) is 9.21. The number of halogens is 6. The third kappa shape index (κ3) is 6.91. The zero-order valence-corrected chi connectivity index (χ0v) is 16.0. The number of aryl methyl sites for hydroxylation is 1. The minimum Gasteiger partial charge on any atom is -0.439 e. The molecule has 0 spiro atoms. The van der Waals surface area contributed by atoms with Crippen LogP contribution in [0.3, 0.4) is 0 Å². The summed E-state index contributed by atoms with van der Waals surface area (Å²) in [6.45, 7) is 0. The minimum atomic E-state index is -4.91. The van der Waals surface area contributed by atoms with Gasteiger partial charge in [0.25, 0.3) is 0 Å². The molecular weight excluding hydrogens is 424 g/mol. The van der Waals surface area contributed by atoms with Crippen LogP contribution < -0.4 is 9.47 Å². The van der Waals surface area contributed by atoms with E-state index in [0.717, 1.165) is 24.3 Å². The maximum absolute atomic E-state index is 13.6. The molecule has 3 rings (SSSR count). The van der Waals surface area contributed by atoms with Crippen molar-refractivity contribution in [3.05, 3.63) is 84.1 Å². The van der Waals surface area contributed by atoms with Crippen molar-refractivity contribution in [3.63, 3.8) is 0 Å². The van der Waals surface area contributed by atoms with Crippen LogP contribution in [0.25, 0.3) is 0 Å². The highest BCUT2D eigenvalue weighted by Crippen LogP contribution is 2.39. The molecule has 1 aromatic heterocycles. The summed E-state index contributed by atoms with van der Waals surface area (Å²) in [6, 6.07) is 17.3. The van der Waals surface area contributed by atoms with E-state index in [-0.39, 0.29) is 24.3 Å². The molecule has 0 bridgehead atoms. The average molecular weight is 441 g/mol. The molecule has 0 aliphatic rings. The monoisotopic (exact) mass is 441 g/mol. The molecule has 0 amide bonds. The number of alkyl halides is 6. The van der Waals surface area contributed by atoms with Crippen molar-refractivity contribution in [3.8, 4) is 17.4 Å². The van der Waals surface area contributed by atoms with Gasteiger partial charge in [-0.15, -0.1) is 13.2 Å². The van der Waals surface area contributed by atoms with Gasteiger partial charge in [0.2, 0.25) is 5.88 Å². The summed E-state index contributed by atoms with van der Waals surface area (Å²) in [5.74, 6) is -1.65. The quantitative estimate of drug-likeness (QED) is 0.368. The van der Waals surface area contributed by atoms with Crippen LogP contribution in [0.15, 0.2) is 72.8 Å². The molecule has 0 radical (unpaired) electrons. The molecule has 1 atom stereocenters. The standard InChI is InChI=1S/C22H17F6NO2/c23-21(24,25)19(15-9-12-18(13-10-15)31-22(26,27)28)14-11-16-5-4-8-20(29-16)30-17-6-2-1-3-7-17/h1-10,12-13,19H,11,14H2. The van der Waals surface area contributed by atoms with Crippen molar-refractivity contribution >= 4 is 0 Å². The molecule has 0 fully saturated rings. The fourth-order valence-corrected chi connectivity index (χ4v) is 2.98. The molecule has 9 heteroatoms. The van der Waals surface area contributed by atoms with Gasteiger partial charge in [-0.3, -0.25) is 0 Å². The van der Waals surface area contributed by atoms with Crippen LogP contribution in [-0.4, -0.2) is 17.5 Å². The van der Waals surface area contributed by atoms with E-state index in [4.69, 9.17) is 4.74 Å². The largest absolute Gasteiger partial charge is 0.573 e. The molecular formula is C22H17F6NO2. The van der Waals surface area contributed by atoms with Gasteiger partial charge < -0.3 is 9.47 Å². The highest BCUT2D eigenvalue weighted by Gasteiger charge is 2.40. The Bertz CT molecular complexity index is 972. The second-order valence-electron chi connectivity index (χ2n) is 6.63. The Morgan fingerprint density at radius 3 is 2.03 bits per heavy atom. The van der Waals surface area contributed by atoms with Crippen LogP contribution in [0.2, 0.25) is 0 Å². The molecule has 0 saturated heterocycles.